The van der Waals surface area contributed by atoms with E-state index in [4.69, 9.17) is 11.6 Å². The highest BCUT2D eigenvalue weighted by Crippen LogP contribution is 2.21. The Morgan fingerprint density at radius 1 is 0.846 bits per heavy atom. The molecule has 0 aliphatic rings. The van der Waals surface area contributed by atoms with Gasteiger partial charge >= 0.3 is 5.97 Å². The van der Waals surface area contributed by atoms with Crippen LogP contribution in [0.2, 0.25) is 0 Å². The predicted octanol–water partition coefficient (Wildman–Crippen LogP) is 5.62. The van der Waals surface area contributed by atoms with Crippen LogP contribution in [0, 0.1) is 5.92 Å². The van der Waals surface area contributed by atoms with Gasteiger partial charge in [-0.2, -0.15) is 0 Å². The molecular formula is C21H41ClNO3+. The van der Waals surface area contributed by atoms with Crippen molar-refractivity contribution in [1.29, 1.82) is 0 Å². The number of unbranched alkanes of at least 4 members (excludes halogenated alkanes) is 10. The number of nitrogens with zero attached hydrogens (tertiary/aromatic N) is 1. The fraction of sp³-hybridized carbons (Fsp3) is 0.905. The summed E-state index contributed by atoms with van der Waals surface area (Å²) in [6.45, 7) is 2.24. The summed E-state index contributed by atoms with van der Waals surface area (Å²) in [7, 11) is 5.72. The molecule has 0 fully saturated rings. The third kappa shape index (κ3) is 12.7. The van der Waals surface area contributed by atoms with Gasteiger partial charge in [0, 0.05) is 12.8 Å². The second kappa shape index (κ2) is 14.4. The van der Waals surface area contributed by atoms with Crippen molar-refractivity contribution in [3.63, 3.8) is 0 Å². The predicted molar refractivity (Wildman–Crippen MR) is 110 cm³/mol. The molecule has 0 amide bonds. The molecule has 0 aromatic rings. The molecule has 1 N–H and O–H groups in total. The largest absolute Gasteiger partial charge is 0.481 e. The number of carbonyl (C=O) groups is 2. The van der Waals surface area contributed by atoms with Crippen LogP contribution >= 0.6 is 11.6 Å². The summed E-state index contributed by atoms with van der Waals surface area (Å²) < 4.78 is 0.442. The number of rotatable bonds is 17. The van der Waals surface area contributed by atoms with E-state index in [1.807, 2.05) is 21.1 Å². The number of hydrogen-bond donors (Lipinski definition) is 1. The Balaban J connectivity index is 3.86. The fourth-order valence-corrected chi connectivity index (χ4v) is 3.20. The number of carbonyl (C=O) groups excluding carboxylic acids is 1. The van der Waals surface area contributed by atoms with E-state index in [-0.39, 0.29) is 17.7 Å². The SMILES string of the molecule is CCCCCCCCCCCCCC(=O)C(CC(Cl)[N+](C)(C)C)C(=O)O. The lowest BCUT2D eigenvalue weighted by Crippen LogP contribution is -2.44. The van der Waals surface area contributed by atoms with Crippen molar-refractivity contribution in [1.82, 2.24) is 0 Å². The Kier molecular flexibility index (Phi) is 14.1. The lowest BCUT2D eigenvalue weighted by atomic mass is 9.95. The van der Waals surface area contributed by atoms with E-state index in [1.165, 1.54) is 51.4 Å². The van der Waals surface area contributed by atoms with Crippen molar-refractivity contribution in [3.05, 3.63) is 0 Å². The van der Waals surface area contributed by atoms with Gasteiger partial charge in [0.25, 0.3) is 0 Å². The van der Waals surface area contributed by atoms with E-state index in [0.717, 1.165) is 19.3 Å². The van der Waals surface area contributed by atoms with E-state index in [2.05, 4.69) is 6.92 Å². The van der Waals surface area contributed by atoms with Gasteiger partial charge in [-0.15, -0.1) is 0 Å². The average Bonchev–Trinajstić information content (AvgIpc) is 2.55. The molecule has 0 rings (SSSR count). The zero-order chi connectivity index (χ0) is 20.0. The Labute approximate surface area is 165 Å². The smallest absolute Gasteiger partial charge is 0.314 e. The van der Waals surface area contributed by atoms with Crippen molar-refractivity contribution in [2.75, 3.05) is 21.1 Å². The molecular weight excluding hydrogens is 350 g/mol. The highest BCUT2D eigenvalue weighted by molar-refractivity contribution is 6.20. The summed E-state index contributed by atoms with van der Waals surface area (Å²) in [5.74, 6) is -2.19. The summed E-state index contributed by atoms with van der Waals surface area (Å²) in [5, 5.41) is 9.35. The van der Waals surface area contributed by atoms with Gasteiger partial charge in [0.05, 0.1) is 21.1 Å². The molecule has 0 saturated carbocycles. The molecule has 5 heteroatoms. The molecule has 0 bridgehead atoms. The van der Waals surface area contributed by atoms with E-state index in [1.54, 1.807) is 0 Å². The number of carboxylic acid groups (broad SMARTS) is 1. The van der Waals surface area contributed by atoms with Crippen LogP contribution in [0.1, 0.15) is 90.4 Å². The first-order chi connectivity index (χ1) is 12.2. The number of alkyl halides is 1. The summed E-state index contributed by atoms with van der Waals surface area (Å²) in [5.41, 5.74) is -0.377. The molecule has 26 heavy (non-hydrogen) atoms. The average molecular weight is 391 g/mol. The molecule has 0 aliphatic carbocycles. The quantitative estimate of drug-likeness (QED) is 0.115. The van der Waals surface area contributed by atoms with Crippen LogP contribution in [0.5, 0.6) is 0 Å². The molecule has 0 aliphatic heterocycles. The van der Waals surface area contributed by atoms with Crippen LogP contribution in [0.25, 0.3) is 0 Å². The lowest BCUT2D eigenvalue weighted by Gasteiger charge is -2.30. The number of quaternary nitrogens is 1. The minimum Gasteiger partial charge on any atom is -0.481 e. The van der Waals surface area contributed by atoms with Gasteiger partial charge in [0.1, 0.15) is 11.7 Å². The first-order valence-corrected chi connectivity index (χ1v) is 10.8. The minimum absolute atomic E-state index is 0.174. The topological polar surface area (TPSA) is 54.4 Å². The normalized spacial score (nSPS) is 14.2. The van der Waals surface area contributed by atoms with Crippen molar-refractivity contribution >= 4 is 23.4 Å². The molecule has 2 atom stereocenters. The monoisotopic (exact) mass is 390 g/mol. The second-order valence-electron chi connectivity index (χ2n) is 8.43. The van der Waals surface area contributed by atoms with Crippen LogP contribution in [0.4, 0.5) is 0 Å². The Hall–Kier alpha value is -0.610. The van der Waals surface area contributed by atoms with E-state index in [9.17, 15) is 14.7 Å². The Bertz CT molecular complexity index is 393. The first kappa shape index (κ1) is 25.4. The van der Waals surface area contributed by atoms with Crippen LogP contribution in [-0.4, -0.2) is 48.0 Å². The van der Waals surface area contributed by atoms with Gasteiger partial charge in [-0.1, -0.05) is 82.7 Å². The highest BCUT2D eigenvalue weighted by atomic mass is 35.5. The molecule has 0 radical (unpaired) electrons. The van der Waals surface area contributed by atoms with E-state index >= 15 is 0 Å². The van der Waals surface area contributed by atoms with Crippen LogP contribution in [-0.2, 0) is 9.59 Å². The van der Waals surface area contributed by atoms with Crippen molar-refractivity contribution in [3.8, 4) is 0 Å². The van der Waals surface area contributed by atoms with E-state index in [0.29, 0.717) is 10.9 Å². The molecule has 154 valence electrons. The number of Topliss-reactive ketones (excluding diaryl/α,β-unsaturated/α-hetero) is 1. The van der Waals surface area contributed by atoms with Crippen LogP contribution in [0.3, 0.4) is 0 Å². The molecule has 0 aromatic heterocycles. The fourth-order valence-electron chi connectivity index (χ4n) is 3.02. The van der Waals surface area contributed by atoms with Crippen molar-refractivity contribution in [2.24, 2.45) is 5.92 Å². The second-order valence-corrected chi connectivity index (χ2v) is 8.93. The number of halogens is 1. The number of aliphatic carboxylic acids is 1. The molecule has 0 aromatic carbocycles. The molecule has 2 unspecified atom stereocenters. The molecule has 0 heterocycles. The third-order valence-electron chi connectivity index (χ3n) is 4.98. The minimum atomic E-state index is -1.04. The summed E-state index contributed by atoms with van der Waals surface area (Å²) in [4.78, 5) is 23.7. The van der Waals surface area contributed by atoms with Gasteiger partial charge in [0.15, 0.2) is 5.50 Å². The number of carboxylic acids is 1. The maximum Gasteiger partial charge on any atom is 0.314 e. The van der Waals surface area contributed by atoms with Crippen molar-refractivity contribution < 1.29 is 19.2 Å². The van der Waals surface area contributed by atoms with Gasteiger partial charge in [-0.05, 0) is 6.42 Å². The van der Waals surface area contributed by atoms with Gasteiger partial charge < -0.3 is 9.59 Å². The van der Waals surface area contributed by atoms with Gasteiger partial charge in [-0.25, -0.2) is 0 Å². The van der Waals surface area contributed by atoms with Gasteiger partial charge in [0.2, 0.25) is 0 Å². The lowest BCUT2D eigenvalue weighted by molar-refractivity contribution is -0.883. The molecule has 4 nitrogen and oxygen atoms in total. The maximum absolute atomic E-state index is 12.3. The number of hydrogen-bond acceptors (Lipinski definition) is 2. The zero-order valence-corrected chi connectivity index (χ0v) is 18.2. The first-order valence-electron chi connectivity index (χ1n) is 10.4. The zero-order valence-electron chi connectivity index (χ0n) is 17.4. The molecule has 0 spiro atoms. The number of ketones is 1. The Morgan fingerprint density at radius 2 is 1.27 bits per heavy atom. The summed E-state index contributed by atoms with van der Waals surface area (Å²) in [6.07, 6.45) is 14.0. The van der Waals surface area contributed by atoms with Gasteiger partial charge in [-0.3, -0.25) is 9.59 Å². The van der Waals surface area contributed by atoms with Crippen molar-refractivity contribution in [2.45, 2.75) is 95.9 Å². The van der Waals surface area contributed by atoms with Crippen LogP contribution in [0.15, 0.2) is 0 Å². The summed E-state index contributed by atoms with van der Waals surface area (Å²) in [6, 6.07) is 0. The van der Waals surface area contributed by atoms with Crippen LogP contribution < -0.4 is 0 Å². The Morgan fingerprint density at radius 3 is 1.65 bits per heavy atom. The highest BCUT2D eigenvalue weighted by Gasteiger charge is 2.33. The standard InChI is InChI=1S/C21H40ClNO3/c1-5-6-7-8-9-10-11-12-13-14-15-16-19(24)18(21(25)26)17-20(22)23(2,3)4/h18,20H,5-17H2,1-4H3/p+1. The summed E-state index contributed by atoms with van der Waals surface area (Å²) >= 11 is 6.27. The van der Waals surface area contributed by atoms with E-state index < -0.39 is 11.9 Å². The maximum atomic E-state index is 12.3. The third-order valence-corrected chi connectivity index (χ3v) is 5.75. The molecule has 0 saturated heterocycles.